The van der Waals surface area contributed by atoms with E-state index in [9.17, 15) is 4.79 Å². The van der Waals surface area contributed by atoms with Crippen molar-refractivity contribution >= 4 is 45.0 Å². The number of benzene rings is 1. The van der Waals surface area contributed by atoms with Gasteiger partial charge in [0.2, 0.25) is 5.88 Å². The molecule has 0 aliphatic heterocycles. The molecule has 0 saturated carbocycles. The molecule has 0 fully saturated rings. The SMILES string of the molecule is CCN(CC)CCN(C(=O)c1cn(C)nc1OC)c1nc2c(OC)ccc(OC)c2s1.Cl. The summed E-state index contributed by atoms with van der Waals surface area (Å²) in [5.74, 6) is 1.40. The maximum absolute atomic E-state index is 13.6. The molecule has 9 nitrogen and oxygen atoms in total. The summed E-state index contributed by atoms with van der Waals surface area (Å²) >= 11 is 1.40. The molecule has 11 heteroatoms. The summed E-state index contributed by atoms with van der Waals surface area (Å²) in [5.41, 5.74) is 1.06. The van der Waals surface area contributed by atoms with Crippen LogP contribution in [0, 0.1) is 0 Å². The number of rotatable bonds is 10. The fourth-order valence-corrected chi connectivity index (χ4v) is 4.46. The highest BCUT2D eigenvalue weighted by Crippen LogP contribution is 2.40. The van der Waals surface area contributed by atoms with E-state index in [1.54, 1.807) is 37.0 Å². The van der Waals surface area contributed by atoms with E-state index in [0.717, 1.165) is 17.8 Å². The Morgan fingerprint density at radius 2 is 1.72 bits per heavy atom. The molecule has 0 radical (unpaired) electrons. The van der Waals surface area contributed by atoms with Crippen molar-refractivity contribution in [2.75, 3.05) is 52.4 Å². The van der Waals surface area contributed by atoms with E-state index >= 15 is 0 Å². The van der Waals surface area contributed by atoms with Crippen LogP contribution in [0.4, 0.5) is 5.13 Å². The van der Waals surface area contributed by atoms with Crippen molar-refractivity contribution < 1.29 is 19.0 Å². The first-order valence-corrected chi connectivity index (χ1v) is 10.9. The molecule has 3 aromatic rings. The third-order valence-corrected chi connectivity index (χ3v) is 6.22. The molecular formula is C21H30ClN5O4S. The molecule has 32 heavy (non-hydrogen) atoms. The Labute approximate surface area is 198 Å². The highest BCUT2D eigenvalue weighted by molar-refractivity contribution is 7.22. The van der Waals surface area contributed by atoms with E-state index in [4.69, 9.17) is 19.2 Å². The van der Waals surface area contributed by atoms with Crippen LogP contribution in [-0.4, -0.2) is 73.1 Å². The maximum Gasteiger partial charge on any atom is 0.267 e. The van der Waals surface area contributed by atoms with Crippen LogP contribution in [0.15, 0.2) is 18.3 Å². The van der Waals surface area contributed by atoms with Gasteiger partial charge in [-0.1, -0.05) is 25.2 Å². The van der Waals surface area contributed by atoms with Crippen molar-refractivity contribution in [3.8, 4) is 17.4 Å². The number of aromatic nitrogens is 3. The van der Waals surface area contributed by atoms with Gasteiger partial charge < -0.3 is 19.1 Å². The molecule has 176 valence electrons. The van der Waals surface area contributed by atoms with Crippen molar-refractivity contribution in [1.82, 2.24) is 19.7 Å². The smallest absolute Gasteiger partial charge is 0.267 e. The van der Waals surface area contributed by atoms with E-state index in [1.807, 2.05) is 12.1 Å². The van der Waals surface area contributed by atoms with Crippen molar-refractivity contribution in [2.45, 2.75) is 13.8 Å². The number of carbonyl (C=O) groups is 1. The first-order valence-electron chi connectivity index (χ1n) is 10.1. The molecule has 1 aromatic carbocycles. The maximum atomic E-state index is 13.6. The van der Waals surface area contributed by atoms with E-state index in [2.05, 4.69) is 23.8 Å². The fraction of sp³-hybridized carbons (Fsp3) is 0.476. The average molecular weight is 484 g/mol. The van der Waals surface area contributed by atoms with Gasteiger partial charge in [-0.15, -0.1) is 17.5 Å². The van der Waals surface area contributed by atoms with Gasteiger partial charge in [0.15, 0.2) is 5.13 Å². The molecular weight excluding hydrogens is 454 g/mol. The standard InChI is InChI=1S/C21H29N5O4S.ClH/c1-7-25(8-2)11-12-26(20(27)14-13-24(3)23-19(14)30-6)21-22-17-15(28-4)9-10-16(29-5)18(17)31-21;/h9-10,13H,7-8,11-12H2,1-6H3;1H. The number of likely N-dealkylation sites (N-methyl/N-ethyl adjacent to an activating group) is 1. The number of methoxy groups -OCH3 is 3. The lowest BCUT2D eigenvalue weighted by atomic mass is 10.3. The first-order chi connectivity index (χ1) is 15.0. The highest BCUT2D eigenvalue weighted by atomic mass is 35.5. The molecule has 0 atom stereocenters. The van der Waals surface area contributed by atoms with Crippen molar-refractivity contribution in [2.24, 2.45) is 7.05 Å². The van der Waals surface area contributed by atoms with Crippen LogP contribution in [-0.2, 0) is 7.05 Å². The van der Waals surface area contributed by atoms with Gasteiger partial charge in [-0.3, -0.25) is 14.4 Å². The summed E-state index contributed by atoms with van der Waals surface area (Å²) in [6.07, 6.45) is 1.67. The van der Waals surface area contributed by atoms with Crippen LogP contribution in [0.25, 0.3) is 10.2 Å². The van der Waals surface area contributed by atoms with Gasteiger partial charge >= 0.3 is 0 Å². The van der Waals surface area contributed by atoms with E-state index < -0.39 is 0 Å². The summed E-state index contributed by atoms with van der Waals surface area (Å²) in [6, 6.07) is 3.66. The zero-order valence-corrected chi connectivity index (χ0v) is 20.9. The topological polar surface area (TPSA) is 82.0 Å². The van der Waals surface area contributed by atoms with Gasteiger partial charge in [-0.25, -0.2) is 4.98 Å². The molecule has 0 aliphatic carbocycles. The second-order valence-electron chi connectivity index (χ2n) is 6.85. The van der Waals surface area contributed by atoms with Crippen LogP contribution in [0.3, 0.4) is 0 Å². The quantitative estimate of drug-likeness (QED) is 0.436. The molecule has 0 unspecified atom stereocenters. The van der Waals surface area contributed by atoms with E-state index in [1.165, 1.54) is 18.4 Å². The molecule has 3 rings (SSSR count). The number of amides is 1. The molecule has 0 saturated heterocycles. The van der Waals surface area contributed by atoms with Gasteiger partial charge in [-0.05, 0) is 25.2 Å². The highest BCUT2D eigenvalue weighted by Gasteiger charge is 2.27. The Morgan fingerprint density at radius 1 is 1.06 bits per heavy atom. The first kappa shape index (κ1) is 25.7. The van der Waals surface area contributed by atoms with Gasteiger partial charge in [0.05, 0.1) is 21.3 Å². The van der Waals surface area contributed by atoms with Gasteiger partial charge in [0, 0.05) is 26.3 Å². The normalized spacial score (nSPS) is 10.8. The van der Waals surface area contributed by atoms with Crippen molar-refractivity contribution in [1.29, 1.82) is 0 Å². The minimum absolute atomic E-state index is 0. The van der Waals surface area contributed by atoms with Crippen LogP contribution < -0.4 is 19.1 Å². The summed E-state index contributed by atoms with van der Waals surface area (Å²) < 4.78 is 18.7. The molecule has 0 spiro atoms. The number of aryl methyl sites for hydroxylation is 1. The number of hydrogen-bond donors (Lipinski definition) is 0. The summed E-state index contributed by atoms with van der Waals surface area (Å²) in [4.78, 5) is 22.3. The minimum atomic E-state index is -0.214. The average Bonchev–Trinajstić information content (AvgIpc) is 3.39. The number of ether oxygens (including phenoxy) is 3. The molecule has 0 N–H and O–H groups in total. The third kappa shape index (κ3) is 5.08. The van der Waals surface area contributed by atoms with Crippen LogP contribution in [0.2, 0.25) is 0 Å². The molecule has 1 amide bonds. The minimum Gasteiger partial charge on any atom is -0.495 e. The fourth-order valence-electron chi connectivity index (χ4n) is 3.37. The molecule has 0 bridgehead atoms. The monoisotopic (exact) mass is 483 g/mol. The van der Waals surface area contributed by atoms with Crippen LogP contribution in [0.5, 0.6) is 17.4 Å². The second-order valence-corrected chi connectivity index (χ2v) is 7.83. The van der Waals surface area contributed by atoms with Crippen molar-refractivity contribution in [3.63, 3.8) is 0 Å². The molecule has 2 heterocycles. The van der Waals surface area contributed by atoms with Gasteiger partial charge in [0.25, 0.3) is 5.91 Å². The van der Waals surface area contributed by atoms with Gasteiger partial charge in [0.1, 0.15) is 27.3 Å². The van der Waals surface area contributed by atoms with Crippen LogP contribution >= 0.6 is 23.7 Å². The largest absolute Gasteiger partial charge is 0.495 e. The Hall–Kier alpha value is -2.56. The lowest BCUT2D eigenvalue weighted by molar-refractivity contribution is 0.0980. The van der Waals surface area contributed by atoms with E-state index in [0.29, 0.717) is 40.8 Å². The summed E-state index contributed by atoms with van der Waals surface area (Å²) in [7, 11) is 6.48. The predicted molar refractivity (Wildman–Crippen MR) is 129 cm³/mol. The number of halogens is 1. The Kier molecular flexibility index (Phi) is 9.11. The number of nitrogens with zero attached hydrogens (tertiary/aromatic N) is 5. The lowest BCUT2D eigenvalue weighted by Gasteiger charge is -2.24. The predicted octanol–water partition coefficient (Wildman–Crippen LogP) is 3.47. The number of carbonyl (C=O) groups excluding carboxylic acids is 1. The number of hydrogen-bond acceptors (Lipinski definition) is 8. The summed E-state index contributed by atoms with van der Waals surface area (Å²) in [6.45, 7) is 7.20. The van der Waals surface area contributed by atoms with Crippen molar-refractivity contribution in [3.05, 3.63) is 23.9 Å². The zero-order chi connectivity index (χ0) is 22.5. The van der Waals surface area contributed by atoms with Gasteiger partial charge in [-0.2, -0.15) is 0 Å². The molecule has 2 aromatic heterocycles. The zero-order valence-electron chi connectivity index (χ0n) is 19.2. The second kappa shape index (κ2) is 11.3. The van der Waals surface area contributed by atoms with Crippen LogP contribution in [0.1, 0.15) is 24.2 Å². The lowest BCUT2D eigenvalue weighted by Crippen LogP contribution is -2.38. The number of fused-ring (bicyclic) bond motifs is 1. The third-order valence-electron chi connectivity index (χ3n) is 5.13. The number of anilines is 1. The Balaban J connectivity index is 0.00000363. The molecule has 0 aliphatic rings. The Bertz CT molecular complexity index is 1010. The number of thiazole rings is 1. The Morgan fingerprint density at radius 3 is 2.31 bits per heavy atom. The summed E-state index contributed by atoms with van der Waals surface area (Å²) in [5, 5.41) is 4.80. The van der Waals surface area contributed by atoms with E-state index in [-0.39, 0.29) is 24.2 Å².